The van der Waals surface area contributed by atoms with Crippen LogP contribution in [0.5, 0.6) is 0 Å². The molecule has 3 nitrogen and oxygen atoms in total. The van der Waals surface area contributed by atoms with Crippen LogP contribution in [0, 0.1) is 9.39 Å². The van der Waals surface area contributed by atoms with Crippen molar-refractivity contribution in [2.45, 2.75) is 0 Å². The topological polar surface area (TPSA) is 55.1 Å². The normalized spacial score (nSPS) is 10.1. The monoisotopic (exact) mass is 356 g/mol. The average Bonchev–Trinajstić information content (AvgIpc) is 2.35. The lowest BCUT2D eigenvalue weighted by Crippen LogP contribution is -2.13. The Bertz CT molecular complexity index is 584. The molecule has 0 atom stereocenters. The number of hydrogen-bond donors (Lipinski definition) is 2. The predicted molar refractivity (Wildman–Crippen MR) is 77.9 cm³/mol. The molecule has 2 aromatic rings. The zero-order valence-electron chi connectivity index (χ0n) is 9.28. The van der Waals surface area contributed by atoms with Crippen molar-refractivity contribution < 1.29 is 9.18 Å². The van der Waals surface area contributed by atoms with Gasteiger partial charge in [0, 0.05) is 14.9 Å². The number of nitrogens with one attached hydrogen (secondary N) is 1. The lowest BCUT2D eigenvalue weighted by atomic mass is 10.2. The quantitative estimate of drug-likeness (QED) is 0.641. The maximum atomic E-state index is 12.7. The molecule has 0 spiro atoms. The molecule has 18 heavy (non-hydrogen) atoms. The maximum absolute atomic E-state index is 12.7. The lowest BCUT2D eigenvalue weighted by Gasteiger charge is -2.07. The van der Waals surface area contributed by atoms with E-state index in [-0.39, 0.29) is 11.7 Å². The molecule has 0 heterocycles. The molecule has 0 aliphatic carbocycles. The summed E-state index contributed by atoms with van der Waals surface area (Å²) in [5, 5.41) is 2.69. The van der Waals surface area contributed by atoms with Crippen LogP contribution in [0.1, 0.15) is 10.4 Å². The van der Waals surface area contributed by atoms with E-state index in [1.54, 1.807) is 18.2 Å². The number of hydrogen-bond acceptors (Lipinski definition) is 2. The molecule has 0 bridgehead atoms. The molecule has 0 aliphatic heterocycles. The highest BCUT2D eigenvalue weighted by Crippen LogP contribution is 2.18. The first kappa shape index (κ1) is 12.8. The Balaban J connectivity index is 2.21. The first-order valence-electron chi connectivity index (χ1n) is 5.18. The van der Waals surface area contributed by atoms with Gasteiger partial charge in [-0.1, -0.05) is 0 Å². The van der Waals surface area contributed by atoms with Crippen molar-refractivity contribution in [3.05, 3.63) is 57.4 Å². The number of benzene rings is 2. The number of nitrogens with two attached hydrogens (primary N) is 1. The molecule has 92 valence electrons. The van der Waals surface area contributed by atoms with Gasteiger partial charge in [0.05, 0.1) is 5.56 Å². The molecule has 0 radical (unpaired) electrons. The maximum Gasteiger partial charge on any atom is 0.256 e. The zero-order valence-corrected chi connectivity index (χ0v) is 11.4. The fraction of sp³-hybridized carbons (Fsp3) is 0. The summed E-state index contributed by atoms with van der Waals surface area (Å²) in [4.78, 5) is 12.0. The number of rotatable bonds is 2. The zero-order chi connectivity index (χ0) is 13.1. The van der Waals surface area contributed by atoms with Gasteiger partial charge in [-0.15, -0.1) is 0 Å². The Morgan fingerprint density at radius 1 is 1.17 bits per heavy atom. The minimum Gasteiger partial charge on any atom is -0.399 e. The minimum atomic E-state index is -0.341. The number of anilines is 2. The lowest BCUT2D eigenvalue weighted by molar-refractivity contribution is 0.102. The van der Waals surface area contributed by atoms with Gasteiger partial charge in [-0.25, -0.2) is 4.39 Å². The summed E-state index contributed by atoms with van der Waals surface area (Å²) in [7, 11) is 0. The Kier molecular flexibility index (Phi) is 3.81. The second kappa shape index (κ2) is 5.34. The van der Waals surface area contributed by atoms with Crippen LogP contribution in [0.15, 0.2) is 42.5 Å². The van der Waals surface area contributed by atoms with Crippen LogP contribution in [-0.4, -0.2) is 5.91 Å². The summed E-state index contributed by atoms with van der Waals surface area (Å²) in [5.41, 5.74) is 7.21. The highest BCUT2D eigenvalue weighted by atomic mass is 127. The summed E-state index contributed by atoms with van der Waals surface area (Å²) in [6, 6.07) is 10.7. The number of carbonyl (C=O) groups is 1. The summed E-state index contributed by atoms with van der Waals surface area (Å²) in [6.45, 7) is 0. The third-order valence-corrected chi connectivity index (χ3v) is 3.28. The first-order chi connectivity index (χ1) is 8.56. The molecule has 0 unspecified atom stereocenters. The summed E-state index contributed by atoms with van der Waals surface area (Å²) < 4.78 is 13.5. The standard InChI is InChI=1S/C13H10FIN2O/c14-8-1-4-10(5-2-8)17-13(18)11-7-9(16)3-6-12(11)15/h1-7H,16H2,(H,17,18). The second-order valence-corrected chi connectivity index (χ2v) is 4.86. The SMILES string of the molecule is Nc1ccc(I)c(C(=O)Nc2ccc(F)cc2)c1. The van der Waals surface area contributed by atoms with E-state index >= 15 is 0 Å². The Labute approximate surface area is 117 Å². The largest absolute Gasteiger partial charge is 0.399 e. The number of halogens is 2. The molecular formula is C13H10FIN2O. The van der Waals surface area contributed by atoms with Gasteiger partial charge in [0.2, 0.25) is 0 Å². The molecule has 2 rings (SSSR count). The van der Waals surface area contributed by atoms with E-state index in [4.69, 9.17) is 5.73 Å². The molecule has 5 heteroatoms. The van der Waals surface area contributed by atoms with Gasteiger partial charge in [0.25, 0.3) is 5.91 Å². The van der Waals surface area contributed by atoms with Crippen LogP contribution in [0.3, 0.4) is 0 Å². The van der Waals surface area contributed by atoms with Crippen LogP contribution in [-0.2, 0) is 0 Å². The van der Waals surface area contributed by atoms with E-state index in [0.717, 1.165) is 3.57 Å². The number of amides is 1. The summed E-state index contributed by atoms with van der Waals surface area (Å²) in [6.07, 6.45) is 0. The fourth-order valence-electron chi connectivity index (χ4n) is 1.45. The Hall–Kier alpha value is -1.63. The van der Waals surface area contributed by atoms with Crippen molar-refractivity contribution in [2.75, 3.05) is 11.1 Å². The summed E-state index contributed by atoms with van der Waals surface area (Å²) in [5.74, 6) is -0.607. The van der Waals surface area contributed by atoms with Crippen LogP contribution in [0.2, 0.25) is 0 Å². The Morgan fingerprint density at radius 3 is 2.50 bits per heavy atom. The molecule has 0 aliphatic rings. The van der Waals surface area contributed by atoms with Crippen molar-refractivity contribution in [3.8, 4) is 0 Å². The number of nitrogen functional groups attached to an aromatic ring is 1. The van der Waals surface area contributed by atoms with E-state index in [1.807, 2.05) is 0 Å². The van der Waals surface area contributed by atoms with Crippen molar-refractivity contribution in [1.29, 1.82) is 0 Å². The predicted octanol–water partition coefficient (Wildman–Crippen LogP) is 3.26. The first-order valence-corrected chi connectivity index (χ1v) is 6.26. The van der Waals surface area contributed by atoms with Crippen molar-refractivity contribution >= 4 is 39.9 Å². The molecule has 0 saturated carbocycles. The van der Waals surface area contributed by atoms with Crippen molar-refractivity contribution in [2.24, 2.45) is 0 Å². The van der Waals surface area contributed by atoms with E-state index in [0.29, 0.717) is 16.9 Å². The van der Waals surface area contributed by atoms with E-state index in [9.17, 15) is 9.18 Å². The molecule has 0 aromatic heterocycles. The Morgan fingerprint density at radius 2 is 1.83 bits per heavy atom. The van der Waals surface area contributed by atoms with Gasteiger partial charge >= 0.3 is 0 Å². The highest BCUT2D eigenvalue weighted by Gasteiger charge is 2.10. The van der Waals surface area contributed by atoms with Crippen LogP contribution in [0.4, 0.5) is 15.8 Å². The van der Waals surface area contributed by atoms with Gasteiger partial charge in [0.15, 0.2) is 0 Å². The van der Waals surface area contributed by atoms with Gasteiger partial charge in [-0.3, -0.25) is 4.79 Å². The van der Waals surface area contributed by atoms with Crippen LogP contribution in [0.25, 0.3) is 0 Å². The van der Waals surface area contributed by atoms with E-state index < -0.39 is 0 Å². The van der Waals surface area contributed by atoms with Gasteiger partial charge in [-0.2, -0.15) is 0 Å². The molecule has 3 N–H and O–H groups in total. The summed E-state index contributed by atoms with van der Waals surface area (Å²) >= 11 is 2.06. The minimum absolute atomic E-state index is 0.265. The van der Waals surface area contributed by atoms with E-state index in [1.165, 1.54) is 24.3 Å². The highest BCUT2D eigenvalue weighted by molar-refractivity contribution is 14.1. The van der Waals surface area contributed by atoms with Crippen LogP contribution >= 0.6 is 22.6 Å². The average molecular weight is 356 g/mol. The van der Waals surface area contributed by atoms with E-state index in [2.05, 4.69) is 27.9 Å². The third-order valence-electron chi connectivity index (χ3n) is 2.34. The van der Waals surface area contributed by atoms with Crippen molar-refractivity contribution in [1.82, 2.24) is 0 Å². The molecule has 2 aromatic carbocycles. The number of carbonyl (C=O) groups excluding carboxylic acids is 1. The van der Waals surface area contributed by atoms with Gasteiger partial charge < -0.3 is 11.1 Å². The van der Waals surface area contributed by atoms with Crippen molar-refractivity contribution in [3.63, 3.8) is 0 Å². The van der Waals surface area contributed by atoms with Gasteiger partial charge in [0.1, 0.15) is 5.82 Å². The molecule has 0 fully saturated rings. The second-order valence-electron chi connectivity index (χ2n) is 3.70. The fourth-order valence-corrected chi connectivity index (χ4v) is 2.03. The smallest absolute Gasteiger partial charge is 0.256 e. The molecular weight excluding hydrogens is 346 g/mol. The van der Waals surface area contributed by atoms with Gasteiger partial charge in [-0.05, 0) is 65.1 Å². The third kappa shape index (κ3) is 2.98. The molecule has 1 amide bonds. The molecule has 0 saturated heterocycles. The van der Waals surface area contributed by atoms with Crippen LogP contribution < -0.4 is 11.1 Å².